The Balaban J connectivity index is 1.70. The van der Waals surface area contributed by atoms with Gasteiger partial charge >= 0.3 is 0 Å². The van der Waals surface area contributed by atoms with E-state index in [4.69, 9.17) is 0 Å². The average molecular weight is 455 g/mol. The second-order valence-corrected chi connectivity index (χ2v) is 7.65. The summed E-state index contributed by atoms with van der Waals surface area (Å²) in [7, 11) is 0. The number of nitro benzene ring substituents is 1. The monoisotopic (exact) mass is 454 g/mol. The largest absolute Gasteiger partial charge is 0.300 e. The standard InChI is InChI=1S/C19H11BrN4O3S/c20-13-7-8-14(17-12(13)5-3-9-21-17)22-19-23-18(25)16(28-19)10-11-4-1-2-6-15(11)24(26)27/h1-10H,(H,22,23,25)/b16-10-. The topological polar surface area (TPSA) is 97.5 Å². The number of rotatable bonds is 3. The molecule has 1 aliphatic heterocycles. The van der Waals surface area contributed by atoms with Gasteiger partial charge in [-0.15, -0.1) is 0 Å². The summed E-state index contributed by atoms with van der Waals surface area (Å²) in [4.78, 5) is 32.2. The van der Waals surface area contributed by atoms with Crippen LogP contribution in [0.2, 0.25) is 0 Å². The average Bonchev–Trinajstić information content (AvgIpc) is 3.03. The van der Waals surface area contributed by atoms with Crippen molar-refractivity contribution in [3.8, 4) is 0 Å². The summed E-state index contributed by atoms with van der Waals surface area (Å²) in [5, 5.41) is 15.2. The van der Waals surface area contributed by atoms with Crippen LogP contribution in [0.1, 0.15) is 5.56 Å². The van der Waals surface area contributed by atoms with E-state index in [0.717, 1.165) is 21.6 Å². The third kappa shape index (κ3) is 3.54. The van der Waals surface area contributed by atoms with Crippen LogP contribution in [0.25, 0.3) is 17.0 Å². The van der Waals surface area contributed by atoms with Gasteiger partial charge < -0.3 is 5.32 Å². The van der Waals surface area contributed by atoms with E-state index in [1.54, 1.807) is 24.4 Å². The number of carbonyl (C=O) groups is 1. The molecule has 9 heteroatoms. The zero-order chi connectivity index (χ0) is 19.7. The summed E-state index contributed by atoms with van der Waals surface area (Å²) < 4.78 is 0.902. The highest BCUT2D eigenvalue weighted by Crippen LogP contribution is 2.34. The summed E-state index contributed by atoms with van der Waals surface area (Å²) in [6, 6.07) is 13.7. The predicted molar refractivity (Wildman–Crippen MR) is 113 cm³/mol. The van der Waals surface area contributed by atoms with Gasteiger partial charge in [-0.2, -0.15) is 0 Å². The minimum Gasteiger partial charge on any atom is -0.300 e. The van der Waals surface area contributed by atoms with Crippen LogP contribution < -0.4 is 5.32 Å². The van der Waals surface area contributed by atoms with Gasteiger partial charge in [0.25, 0.3) is 11.6 Å². The van der Waals surface area contributed by atoms with Crippen LogP contribution in [-0.4, -0.2) is 21.0 Å². The number of nitrogens with one attached hydrogen (secondary N) is 1. The van der Waals surface area contributed by atoms with Gasteiger partial charge in [0.2, 0.25) is 0 Å². The zero-order valence-corrected chi connectivity index (χ0v) is 16.5. The van der Waals surface area contributed by atoms with Crippen molar-refractivity contribution in [3.63, 3.8) is 0 Å². The van der Waals surface area contributed by atoms with E-state index in [2.05, 4.69) is 31.2 Å². The summed E-state index contributed by atoms with van der Waals surface area (Å²) in [5.41, 5.74) is 1.63. The number of para-hydroxylation sites is 1. The molecule has 1 aliphatic rings. The van der Waals surface area contributed by atoms with Gasteiger partial charge in [0, 0.05) is 22.1 Å². The van der Waals surface area contributed by atoms with Gasteiger partial charge in [0.15, 0.2) is 5.17 Å². The number of fused-ring (bicyclic) bond motifs is 1. The van der Waals surface area contributed by atoms with Gasteiger partial charge in [-0.1, -0.05) is 34.1 Å². The van der Waals surface area contributed by atoms with Crippen molar-refractivity contribution in [1.82, 2.24) is 10.3 Å². The van der Waals surface area contributed by atoms with E-state index in [1.165, 1.54) is 12.1 Å². The second-order valence-electron chi connectivity index (χ2n) is 5.76. The van der Waals surface area contributed by atoms with Crippen LogP contribution in [0.5, 0.6) is 0 Å². The molecular formula is C19H11BrN4O3S. The maximum absolute atomic E-state index is 12.3. The Bertz CT molecular complexity index is 1190. The second kappa shape index (κ2) is 7.53. The first-order chi connectivity index (χ1) is 13.5. The molecule has 0 bridgehead atoms. The highest BCUT2D eigenvalue weighted by molar-refractivity contribution is 9.10. The molecule has 28 heavy (non-hydrogen) atoms. The predicted octanol–water partition coefficient (Wildman–Crippen LogP) is 4.80. The first kappa shape index (κ1) is 18.3. The van der Waals surface area contributed by atoms with E-state index < -0.39 is 4.92 Å². The summed E-state index contributed by atoms with van der Waals surface area (Å²) in [5.74, 6) is -0.351. The van der Waals surface area contributed by atoms with Crippen LogP contribution >= 0.6 is 27.7 Å². The Morgan fingerprint density at radius 2 is 2.00 bits per heavy atom. The van der Waals surface area contributed by atoms with Crippen LogP contribution in [0.4, 0.5) is 11.4 Å². The number of halogens is 1. The fourth-order valence-electron chi connectivity index (χ4n) is 2.72. The first-order valence-corrected chi connectivity index (χ1v) is 9.70. The van der Waals surface area contributed by atoms with Crippen LogP contribution in [0, 0.1) is 10.1 Å². The van der Waals surface area contributed by atoms with Crippen molar-refractivity contribution in [2.45, 2.75) is 0 Å². The summed E-state index contributed by atoms with van der Waals surface area (Å²) in [6.07, 6.45) is 3.18. The molecule has 1 aromatic heterocycles. The number of benzene rings is 2. The van der Waals surface area contributed by atoms with Gasteiger partial charge in [-0.05, 0) is 42.1 Å². The van der Waals surface area contributed by atoms with Crippen molar-refractivity contribution >= 4 is 67.1 Å². The number of thioether (sulfide) groups is 1. The smallest absolute Gasteiger partial charge is 0.276 e. The molecule has 0 saturated carbocycles. The molecule has 7 nitrogen and oxygen atoms in total. The number of aliphatic imine (C=N–C) groups is 1. The van der Waals surface area contributed by atoms with Crippen molar-refractivity contribution < 1.29 is 9.72 Å². The highest BCUT2D eigenvalue weighted by Gasteiger charge is 2.25. The van der Waals surface area contributed by atoms with E-state index in [0.29, 0.717) is 26.8 Å². The molecule has 1 fully saturated rings. The molecule has 2 heterocycles. The number of hydrogen-bond acceptors (Lipinski definition) is 6. The SMILES string of the molecule is O=C1NC(=Nc2ccc(Br)c3cccnc23)S/C1=C\c1ccccc1[N+](=O)[O-]. The maximum Gasteiger partial charge on any atom is 0.276 e. The Morgan fingerprint density at radius 3 is 2.82 bits per heavy atom. The molecular weight excluding hydrogens is 444 g/mol. The van der Waals surface area contributed by atoms with E-state index >= 15 is 0 Å². The van der Waals surface area contributed by atoms with E-state index in [-0.39, 0.29) is 11.6 Å². The molecule has 1 amide bonds. The number of hydrogen-bond donors (Lipinski definition) is 1. The number of amidine groups is 1. The number of nitro groups is 1. The van der Waals surface area contributed by atoms with Crippen molar-refractivity contribution in [2.24, 2.45) is 4.99 Å². The minimum atomic E-state index is -0.474. The molecule has 4 rings (SSSR count). The maximum atomic E-state index is 12.3. The number of carbonyl (C=O) groups excluding carboxylic acids is 1. The third-order valence-electron chi connectivity index (χ3n) is 3.99. The molecule has 0 unspecified atom stereocenters. The van der Waals surface area contributed by atoms with Gasteiger partial charge in [0.1, 0.15) is 0 Å². The van der Waals surface area contributed by atoms with Crippen molar-refractivity contribution in [2.75, 3.05) is 0 Å². The lowest BCUT2D eigenvalue weighted by atomic mass is 10.1. The molecule has 1 N–H and O–H groups in total. The molecule has 0 radical (unpaired) electrons. The van der Waals surface area contributed by atoms with Crippen molar-refractivity contribution in [3.05, 3.63) is 79.8 Å². The summed E-state index contributed by atoms with van der Waals surface area (Å²) in [6.45, 7) is 0. The van der Waals surface area contributed by atoms with E-state index in [1.807, 2.05) is 24.3 Å². The molecule has 138 valence electrons. The lowest BCUT2D eigenvalue weighted by Gasteiger charge is -2.03. The summed E-state index contributed by atoms with van der Waals surface area (Å²) >= 11 is 4.62. The molecule has 0 aliphatic carbocycles. The lowest BCUT2D eigenvalue weighted by Crippen LogP contribution is -2.19. The third-order valence-corrected chi connectivity index (χ3v) is 5.59. The Morgan fingerprint density at radius 1 is 1.18 bits per heavy atom. The Hall–Kier alpha value is -3.04. The minimum absolute atomic E-state index is 0.0584. The Kier molecular flexibility index (Phi) is 4.93. The highest BCUT2D eigenvalue weighted by atomic mass is 79.9. The first-order valence-electron chi connectivity index (χ1n) is 8.09. The quantitative estimate of drug-likeness (QED) is 0.348. The molecule has 3 aromatic rings. The van der Waals surface area contributed by atoms with Crippen LogP contribution in [0.3, 0.4) is 0 Å². The molecule has 0 spiro atoms. The normalized spacial score (nSPS) is 16.7. The van der Waals surface area contributed by atoms with Gasteiger partial charge in [-0.25, -0.2) is 4.99 Å². The molecule has 0 atom stereocenters. The number of aromatic nitrogens is 1. The number of nitrogens with zero attached hydrogens (tertiary/aromatic N) is 3. The number of pyridine rings is 1. The van der Waals surface area contributed by atoms with Crippen LogP contribution in [0.15, 0.2) is 69.1 Å². The van der Waals surface area contributed by atoms with Crippen molar-refractivity contribution in [1.29, 1.82) is 0 Å². The van der Waals surface area contributed by atoms with Crippen LogP contribution in [-0.2, 0) is 4.79 Å². The lowest BCUT2D eigenvalue weighted by molar-refractivity contribution is -0.385. The fraction of sp³-hybridized carbons (Fsp3) is 0. The van der Waals surface area contributed by atoms with E-state index in [9.17, 15) is 14.9 Å². The zero-order valence-electron chi connectivity index (χ0n) is 14.1. The van der Waals surface area contributed by atoms with Gasteiger partial charge in [0.05, 0.1) is 26.6 Å². The number of amides is 1. The van der Waals surface area contributed by atoms with Gasteiger partial charge in [-0.3, -0.25) is 19.9 Å². The Labute approximate surface area is 171 Å². The fourth-order valence-corrected chi connectivity index (χ4v) is 4.00. The molecule has 1 saturated heterocycles. The molecule has 2 aromatic carbocycles.